The van der Waals surface area contributed by atoms with Crippen LogP contribution in [0, 0.1) is 11.8 Å². The Morgan fingerprint density at radius 1 is 0.971 bits per heavy atom. The van der Waals surface area contributed by atoms with E-state index in [1.54, 1.807) is 0 Å². The third-order valence-corrected chi connectivity index (χ3v) is 9.28. The van der Waals surface area contributed by atoms with Crippen LogP contribution in [0.25, 0.3) is 0 Å². The maximum Gasteiger partial charge on any atom is 0.308 e. The number of rotatable bonds is 10. The molecule has 3 aliphatic carbocycles. The molecule has 0 spiro atoms. The molecule has 6 atom stereocenters. The molecule has 3 nitrogen and oxygen atoms in total. The van der Waals surface area contributed by atoms with Crippen LogP contribution in [0.1, 0.15) is 152 Å². The van der Waals surface area contributed by atoms with Crippen molar-refractivity contribution >= 4 is 5.97 Å². The van der Waals surface area contributed by atoms with Crippen molar-refractivity contribution in [2.75, 3.05) is 0 Å². The number of aliphatic hydroxyl groups is 1. The quantitative estimate of drug-likeness (QED) is 0.213. The molecule has 6 unspecified atom stereocenters. The van der Waals surface area contributed by atoms with Crippen molar-refractivity contribution in [3.05, 3.63) is 28.8 Å². The van der Waals surface area contributed by atoms with Crippen molar-refractivity contribution in [3.8, 4) is 5.75 Å². The van der Waals surface area contributed by atoms with Gasteiger partial charge in [-0.25, -0.2) is 0 Å². The van der Waals surface area contributed by atoms with Gasteiger partial charge in [0.05, 0.1) is 6.10 Å². The van der Waals surface area contributed by atoms with Gasteiger partial charge in [0.1, 0.15) is 5.75 Å². The molecule has 3 aliphatic rings. The number of esters is 1. The fourth-order valence-electron chi connectivity index (χ4n) is 7.55. The van der Waals surface area contributed by atoms with Gasteiger partial charge in [-0.3, -0.25) is 4.79 Å². The minimum absolute atomic E-state index is 0.224. The number of ether oxygens (including phenoxy) is 1. The summed E-state index contributed by atoms with van der Waals surface area (Å²) >= 11 is 0. The Morgan fingerprint density at radius 2 is 1.68 bits per heavy atom. The molecule has 0 bridgehead atoms. The highest BCUT2D eigenvalue weighted by Gasteiger charge is 2.47. The van der Waals surface area contributed by atoms with Crippen molar-refractivity contribution in [1.29, 1.82) is 0 Å². The lowest BCUT2D eigenvalue weighted by Gasteiger charge is -2.50. The fourth-order valence-corrected chi connectivity index (χ4v) is 7.55. The summed E-state index contributed by atoms with van der Waals surface area (Å²) in [6, 6.07) is 4.68. The normalized spacial score (nSPS) is 29.0. The molecule has 0 aromatic heterocycles. The number of fused-ring (bicyclic) bond motifs is 6. The zero-order valence-electron chi connectivity index (χ0n) is 22.0. The van der Waals surface area contributed by atoms with E-state index in [4.69, 9.17) is 4.74 Å². The lowest BCUT2D eigenvalue weighted by atomic mass is 9.55. The average molecular weight is 469 g/mol. The number of hydrogen-bond acceptors (Lipinski definition) is 3. The number of unbranched alkanes of at least 4 members (excludes halogenated alkanes) is 6. The highest BCUT2D eigenvalue weighted by Crippen LogP contribution is 2.59. The summed E-state index contributed by atoms with van der Waals surface area (Å²) in [6.45, 7) is 6.15. The molecule has 2 fully saturated rings. The predicted molar refractivity (Wildman–Crippen MR) is 140 cm³/mol. The number of carbonyl (C=O) groups excluding carboxylic acids is 1. The third-order valence-electron chi connectivity index (χ3n) is 9.28. The standard InChI is InChI=1S/C31H48O3/c1-4-5-6-7-8-9-10-13-21(2)23-18-28-26-15-12-11-14-25(26)27-17-16-24(33)20-29(27)31(28)30(19-23)34-22(3)32/h18-19,21,24-27,29,33H,4-17,20H2,1-3H3. The van der Waals surface area contributed by atoms with Crippen LogP contribution in [-0.2, 0) is 4.79 Å². The SMILES string of the molecule is CCCCCCCCCC(C)c1cc(OC(C)=O)c2c(c1)C1CCCCC1C1CCC(O)CC21. The first-order valence-corrected chi connectivity index (χ1v) is 14.5. The van der Waals surface area contributed by atoms with Crippen LogP contribution in [0.3, 0.4) is 0 Å². The van der Waals surface area contributed by atoms with Gasteiger partial charge < -0.3 is 9.84 Å². The van der Waals surface area contributed by atoms with Gasteiger partial charge >= 0.3 is 5.97 Å². The predicted octanol–water partition coefficient (Wildman–Crippen LogP) is 8.39. The number of carbonyl (C=O) groups is 1. The van der Waals surface area contributed by atoms with Crippen LogP contribution in [-0.4, -0.2) is 17.2 Å². The largest absolute Gasteiger partial charge is 0.426 e. The minimum Gasteiger partial charge on any atom is -0.426 e. The van der Waals surface area contributed by atoms with E-state index in [1.807, 2.05) is 0 Å². The van der Waals surface area contributed by atoms with E-state index in [9.17, 15) is 9.90 Å². The molecule has 4 rings (SSSR count). The smallest absolute Gasteiger partial charge is 0.308 e. The first-order valence-electron chi connectivity index (χ1n) is 14.5. The van der Waals surface area contributed by atoms with E-state index in [2.05, 4.69) is 26.0 Å². The number of hydrogen-bond donors (Lipinski definition) is 1. The molecule has 1 N–H and O–H groups in total. The maximum absolute atomic E-state index is 12.1. The van der Waals surface area contributed by atoms with Crippen molar-refractivity contribution < 1.29 is 14.6 Å². The molecule has 0 amide bonds. The molecular formula is C31H48O3. The van der Waals surface area contributed by atoms with Crippen LogP contribution in [0.15, 0.2) is 12.1 Å². The zero-order chi connectivity index (χ0) is 24.1. The molecule has 1 aromatic carbocycles. The van der Waals surface area contributed by atoms with Crippen molar-refractivity contribution in [1.82, 2.24) is 0 Å². The summed E-state index contributed by atoms with van der Waals surface area (Å²) in [5.74, 6) is 3.36. The van der Waals surface area contributed by atoms with Crippen molar-refractivity contribution in [3.63, 3.8) is 0 Å². The summed E-state index contributed by atoms with van der Waals surface area (Å²) < 4.78 is 5.93. The summed E-state index contributed by atoms with van der Waals surface area (Å²) in [4.78, 5) is 12.1. The molecule has 0 heterocycles. The van der Waals surface area contributed by atoms with Crippen LogP contribution >= 0.6 is 0 Å². The second-order valence-corrected chi connectivity index (χ2v) is 11.7. The molecule has 2 saturated carbocycles. The Hall–Kier alpha value is -1.35. The van der Waals surface area contributed by atoms with Crippen molar-refractivity contribution in [2.45, 2.75) is 141 Å². The van der Waals surface area contributed by atoms with E-state index in [0.717, 1.165) is 30.9 Å². The molecule has 0 radical (unpaired) electrons. The fraction of sp³-hybridized carbons (Fsp3) is 0.774. The summed E-state index contributed by atoms with van der Waals surface area (Å²) in [5, 5.41) is 10.6. The highest BCUT2D eigenvalue weighted by atomic mass is 16.5. The van der Waals surface area contributed by atoms with Gasteiger partial charge in [-0.1, -0.05) is 77.7 Å². The lowest BCUT2D eigenvalue weighted by Crippen LogP contribution is -2.40. The lowest BCUT2D eigenvalue weighted by molar-refractivity contribution is -0.132. The van der Waals surface area contributed by atoms with Crippen molar-refractivity contribution in [2.24, 2.45) is 11.8 Å². The van der Waals surface area contributed by atoms with E-state index >= 15 is 0 Å². The van der Waals surface area contributed by atoms with E-state index in [-0.39, 0.29) is 12.1 Å². The van der Waals surface area contributed by atoms with Crippen LogP contribution < -0.4 is 4.74 Å². The molecule has 190 valence electrons. The Morgan fingerprint density at radius 3 is 2.44 bits per heavy atom. The molecule has 1 aromatic rings. The third kappa shape index (κ3) is 5.89. The van der Waals surface area contributed by atoms with Crippen LogP contribution in [0.5, 0.6) is 5.75 Å². The number of aliphatic hydroxyl groups excluding tert-OH is 1. The Kier molecular flexibility index (Phi) is 9.13. The van der Waals surface area contributed by atoms with Crippen LogP contribution in [0.2, 0.25) is 0 Å². The second kappa shape index (κ2) is 12.1. The number of benzene rings is 1. The van der Waals surface area contributed by atoms with Gasteiger partial charge in [-0.15, -0.1) is 0 Å². The van der Waals surface area contributed by atoms with Gasteiger partial charge in [0.15, 0.2) is 0 Å². The molecule has 34 heavy (non-hydrogen) atoms. The second-order valence-electron chi connectivity index (χ2n) is 11.7. The molecular weight excluding hydrogens is 420 g/mol. The first kappa shape index (κ1) is 25.7. The molecule has 0 saturated heterocycles. The summed E-state index contributed by atoms with van der Waals surface area (Å²) in [5.41, 5.74) is 4.08. The van der Waals surface area contributed by atoms with Gasteiger partial charge in [0.2, 0.25) is 0 Å². The highest BCUT2D eigenvalue weighted by molar-refractivity contribution is 5.70. The monoisotopic (exact) mass is 468 g/mol. The van der Waals surface area contributed by atoms with E-state index < -0.39 is 0 Å². The summed E-state index contributed by atoms with van der Waals surface area (Å²) in [7, 11) is 0. The molecule has 0 aliphatic heterocycles. The van der Waals surface area contributed by atoms with E-state index in [0.29, 0.717) is 23.7 Å². The maximum atomic E-state index is 12.1. The topological polar surface area (TPSA) is 46.5 Å². The zero-order valence-corrected chi connectivity index (χ0v) is 22.0. The van der Waals surface area contributed by atoms with Crippen LogP contribution in [0.4, 0.5) is 0 Å². The van der Waals surface area contributed by atoms with E-state index in [1.165, 1.54) is 101 Å². The molecule has 3 heteroatoms. The Labute approximate surface area is 208 Å². The first-order chi connectivity index (χ1) is 16.5. The van der Waals surface area contributed by atoms with Gasteiger partial charge in [-0.05, 0) is 85.3 Å². The van der Waals surface area contributed by atoms with Gasteiger partial charge in [-0.2, -0.15) is 0 Å². The average Bonchev–Trinajstić information content (AvgIpc) is 2.82. The summed E-state index contributed by atoms with van der Waals surface area (Å²) in [6.07, 6.45) is 18.4. The minimum atomic E-state index is -0.227. The van der Waals surface area contributed by atoms with Gasteiger partial charge in [0, 0.05) is 12.5 Å². The van der Waals surface area contributed by atoms with Gasteiger partial charge in [0.25, 0.3) is 0 Å². The Bertz CT molecular complexity index is 815. The Balaban J connectivity index is 1.58.